The molecule has 3 heterocycles. The van der Waals surface area contributed by atoms with E-state index in [-0.39, 0.29) is 5.56 Å². The van der Waals surface area contributed by atoms with Crippen LogP contribution >= 0.6 is 0 Å². The third kappa shape index (κ3) is 2.44. The predicted octanol–water partition coefficient (Wildman–Crippen LogP) is 1.62. The van der Waals surface area contributed by atoms with E-state index in [9.17, 15) is 4.79 Å². The van der Waals surface area contributed by atoms with Crippen LogP contribution in [0.1, 0.15) is 5.56 Å². The number of hydrogen-bond donors (Lipinski definition) is 0. The molecule has 0 spiro atoms. The minimum atomic E-state index is -0.126. The highest BCUT2D eigenvalue weighted by molar-refractivity contribution is 5.75. The van der Waals surface area contributed by atoms with Gasteiger partial charge >= 0.3 is 0 Å². The standard InChI is InChI=1S/C17H15N3O4/c1-22-14-7-16-15(23-4-5-24-16)6-11(14)9-20-10-19-13-8-18-3-2-12(13)17(20)21/h2-3,6-8,10H,4-5,9H2,1H3. The zero-order chi connectivity index (χ0) is 16.5. The molecule has 0 atom stereocenters. The summed E-state index contributed by atoms with van der Waals surface area (Å²) >= 11 is 0. The fraction of sp³-hybridized carbons (Fsp3) is 0.235. The van der Waals surface area contributed by atoms with Crippen molar-refractivity contribution in [3.8, 4) is 17.2 Å². The van der Waals surface area contributed by atoms with E-state index in [1.165, 1.54) is 10.9 Å². The molecule has 1 aliphatic heterocycles. The summed E-state index contributed by atoms with van der Waals surface area (Å²) in [5, 5.41) is 0.531. The van der Waals surface area contributed by atoms with Crippen LogP contribution in [0, 0.1) is 0 Å². The Balaban J connectivity index is 1.78. The summed E-state index contributed by atoms with van der Waals surface area (Å²) in [4.78, 5) is 20.9. The van der Waals surface area contributed by atoms with E-state index in [1.54, 1.807) is 31.6 Å². The van der Waals surface area contributed by atoms with Crippen molar-refractivity contribution >= 4 is 10.9 Å². The van der Waals surface area contributed by atoms with E-state index in [0.29, 0.717) is 47.9 Å². The largest absolute Gasteiger partial charge is 0.496 e. The molecule has 0 unspecified atom stereocenters. The van der Waals surface area contributed by atoms with Gasteiger partial charge in [0.2, 0.25) is 0 Å². The summed E-state index contributed by atoms with van der Waals surface area (Å²) in [5.41, 5.74) is 1.27. The van der Waals surface area contributed by atoms with Gasteiger partial charge in [0.25, 0.3) is 5.56 Å². The van der Waals surface area contributed by atoms with Crippen LogP contribution in [0.3, 0.4) is 0 Å². The first-order chi connectivity index (χ1) is 11.8. The van der Waals surface area contributed by atoms with Crippen LogP contribution in [0.5, 0.6) is 17.2 Å². The first kappa shape index (κ1) is 14.5. The van der Waals surface area contributed by atoms with Gasteiger partial charge in [-0.1, -0.05) is 0 Å². The first-order valence-electron chi connectivity index (χ1n) is 7.52. The highest BCUT2D eigenvalue weighted by atomic mass is 16.6. The maximum Gasteiger partial charge on any atom is 0.261 e. The van der Waals surface area contributed by atoms with E-state index >= 15 is 0 Å². The van der Waals surface area contributed by atoms with Crippen LogP contribution in [-0.2, 0) is 6.54 Å². The minimum Gasteiger partial charge on any atom is -0.496 e. The zero-order valence-corrected chi connectivity index (χ0v) is 13.1. The van der Waals surface area contributed by atoms with Gasteiger partial charge in [0, 0.05) is 17.8 Å². The van der Waals surface area contributed by atoms with Gasteiger partial charge in [0.15, 0.2) is 11.5 Å². The molecule has 7 heteroatoms. The van der Waals surface area contributed by atoms with Gasteiger partial charge in [-0.25, -0.2) is 4.98 Å². The molecule has 4 rings (SSSR count). The molecule has 1 aromatic carbocycles. The summed E-state index contributed by atoms with van der Waals surface area (Å²) in [6.07, 6.45) is 4.68. The van der Waals surface area contributed by atoms with Gasteiger partial charge in [0.1, 0.15) is 19.0 Å². The molecule has 1 aliphatic rings. The lowest BCUT2D eigenvalue weighted by atomic mass is 10.1. The van der Waals surface area contributed by atoms with Gasteiger partial charge in [0.05, 0.1) is 37.1 Å². The Morgan fingerprint density at radius 3 is 2.83 bits per heavy atom. The number of aromatic nitrogens is 3. The third-order valence-corrected chi connectivity index (χ3v) is 3.91. The van der Waals surface area contributed by atoms with Gasteiger partial charge in [-0.05, 0) is 12.1 Å². The average molecular weight is 325 g/mol. The molecule has 2 aromatic heterocycles. The molecule has 3 aromatic rings. The topological polar surface area (TPSA) is 75.5 Å². The molecular weight excluding hydrogens is 310 g/mol. The van der Waals surface area contributed by atoms with Gasteiger partial charge in [-0.15, -0.1) is 0 Å². The van der Waals surface area contributed by atoms with Crippen LogP contribution in [0.2, 0.25) is 0 Å². The predicted molar refractivity (Wildman–Crippen MR) is 86.9 cm³/mol. The van der Waals surface area contributed by atoms with Crippen molar-refractivity contribution in [2.75, 3.05) is 20.3 Å². The molecule has 0 radical (unpaired) electrons. The van der Waals surface area contributed by atoms with E-state index in [0.717, 1.165) is 5.56 Å². The van der Waals surface area contributed by atoms with E-state index < -0.39 is 0 Å². The summed E-state index contributed by atoms with van der Waals surface area (Å²) in [6.45, 7) is 1.34. The number of ether oxygens (including phenoxy) is 3. The van der Waals surface area contributed by atoms with E-state index in [2.05, 4.69) is 9.97 Å². The number of fused-ring (bicyclic) bond motifs is 2. The summed E-state index contributed by atoms with van der Waals surface area (Å²) in [5.74, 6) is 1.95. The van der Waals surface area contributed by atoms with Gasteiger partial charge < -0.3 is 14.2 Å². The van der Waals surface area contributed by atoms with Crippen molar-refractivity contribution in [2.24, 2.45) is 0 Å². The van der Waals surface area contributed by atoms with Crippen LogP contribution < -0.4 is 19.8 Å². The molecule has 0 N–H and O–H groups in total. The Morgan fingerprint density at radius 2 is 2.04 bits per heavy atom. The summed E-state index contributed by atoms with van der Waals surface area (Å²) < 4.78 is 18.1. The normalized spacial score (nSPS) is 13.0. The first-order valence-corrected chi connectivity index (χ1v) is 7.52. The minimum absolute atomic E-state index is 0.126. The maximum atomic E-state index is 12.6. The highest BCUT2D eigenvalue weighted by Gasteiger charge is 2.17. The fourth-order valence-corrected chi connectivity index (χ4v) is 2.73. The summed E-state index contributed by atoms with van der Waals surface area (Å²) in [6, 6.07) is 5.30. The second kappa shape index (κ2) is 5.84. The van der Waals surface area contributed by atoms with Gasteiger partial charge in [-0.2, -0.15) is 0 Å². The van der Waals surface area contributed by atoms with Crippen LogP contribution in [0.4, 0.5) is 0 Å². The molecule has 0 saturated heterocycles. The summed E-state index contributed by atoms with van der Waals surface area (Å²) in [7, 11) is 1.59. The Hall–Kier alpha value is -3.09. The highest BCUT2D eigenvalue weighted by Crippen LogP contribution is 2.36. The second-order valence-electron chi connectivity index (χ2n) is 5.38. The fourth-order valence-electron chi connectivity index (χ4n) is 2.73. The lowest BCUT2D eigenvalue weighted by Crippen LogP contribution is -2.22. The van der Waals surface area contributed by atoms with Crippen LogP contribution in [0.15, 0.2) is 41.7 Å². The number of nitrogens with zero attached hydrogens (tertiary/aromatic N) is 3. The van der Waals surface area contributed by atoms with E-state index in [4.69, 9.17) is 14.2 Å². The molecular formula is C17H15N3O4. The lowest BCUT2D eigenvalue weighted by molar-refractivity contribution is 0.170. The van der Waals surface area contributed by atoms with Crippen molar-refractivity contribution in [2.45, 2.75) is 6.54 Å². The van der Waals surface area contributed by atoms with E-state index in [1.807, 2.05) is 6.07 Å². The molecule has 0 bridgehead atoms. The lowest BCUT2D eigenvalue weighted by Gasteiger charge is -2.21. The number of pyridine rings is 1. The SMILES string of the molecule is COc1cc2c(cc1Cn1cnc3cnccc3c1=O)OCCO2. The van der Waals surface area contributed by atoms with Crippen molar-refractivity contribution in [3.63, 3.8) is 0 Å². The Kier molecular flexibility index (Phi) is 3.53. The Bertz CT molecular complexity index is 968. The van der Waals surface area contributed by atoms with Crippen molar-refractivity contribution < 1.29 is 14.2 Å². The number of hydrogen-bond acceptors (Lipinski definition) is 6. The number of methoxy groups -OCH3 is 1. The maximum absolute atomic E-state index is 12.6. The third-order valence-electron chi connectivity index (χ3n) is 3.91. The Labute approximate surface area is 137 Å². The number of benzene rings is 1. The molecule has 7 nitrogen and oxygen atoms in total. The molecule has 0 fully saturated rings. The average Bonchev–Trinajstić information content (AvgIpc) is 2.63. The molecule has 122 valence electrons. The molecule has 24 heavy (non-hydrogen) atoms. The molecule has 0 amide bonds. The quantitative estimate of drug-likeness (QED) is 0.728. The molecule has 0 aliphatic carbocycles. The van der Waals surface area contributed by atoms with Crippen molar-refractivity contribution in [1.29, 1.82) is 0 Å². The Morgan fingerprint density at radius 1 is 1.25 bits per heavy atom. The monoisotopic (exact) mass is 325 g/mol. The number of rotatable bonds is 3. The second-order valence-corrected chi connectivity index (χ2v) is 5.38. The van der Waals surface area contributed by atoms with Crippen molar-refractivity contribution in [3.05, 3.63) is 52.8 Å². The zero-order valence-electron chi connectivity index (χ0n) is 13.1. The smallest absolute Gasteiger partial charge is 0.261 e. The van der Waals surface area contributed by atoms with Crippen LogP contribution in [0.25, 0.3) is 10.9 Å². The van der Waals surface area contributed by atoms with Crippen molar-refractivity contribution in [1.82, 2.24) is 14.5 Å². The van der Waals surface area contributed by atoms with Crippen LogP contribution in [-0.4, -0.2) is 34.9 Å². The van der Waals surface area contributed by atoms with Gasteiger partial charge in [-0.3, -0.25) is 14.3 Å². The molecule has 0 saturated carbocycles.